The second-order valence-corrected chi connectivity index (χ2v) is 4.54. The number of nitrogens with one attached hydrogen (secondary N) is 1. The van der Waals surface area contributed by atoms with Crippen molar-refractivity contribution in [1.29, 1.82) is 0 Å². The predicted octanol–water partition coefficient (Wildman–Crippen LogP) is 4.48. The van der Waals surface area contributed by atoms with Gasteiger partial charge >= 0.3 is 0 Å². The normalized spacial score (nSPS) is 10.4. The summed E-state index contributed by atoms with van der Waals surface area (Å²) in [6.45, 7) is -0.0550. The molecule has 0 spiro atoms. The summed E-state index contributed by atoms with van der Waals surface area (Å²) in [7, 11) is 0. The first-order chi connectivity index (χ1) is 8.58. The van der Waals surface area contributed by atoms with Crippen molar-refractivity contribution in [1.82, 2.24) is 0 Å². The molecule has 2 aromatic rings. The summed E-state index contributed by atoms with van der Waals surface area (Å²) in [6.07, 6.45) is 0. The van der Waals surface area contributed by atoms with Crippen molar-refractivity contribution >= 4 is 21.6 Å². The molecule has 0 atom stereocenters. The van der Waals surface area contributed by atoms with Crippen LogP contribution in [0.2, 0.25) is 0 Å². The summed E-state index contributed by atoms with van der Waals surface area (Å²) in [5, 5.41) is 2.77. The van der Waals surface area contributed by atoms with Gasteiger partial charge in [0, 0.05) is 17.8 Å². The third kappa shape index (κ3) is 2.85. The number of anilines is 1. The van der Waals surface area contributed by atoms with Crippen LogP contribution < -0.4 is 5.32 Å². The van der Waals surface area contributed by atoms with E-state index in [4.69, 9.17) is 0 Å². The Balaban J connectivity index is 2.18. The quantitative estimate of drug-likeness (QED) is 0.823. The highest BCUT2D eigenvalue weighted by Crippen LogP contribution is 2.22. The van der Waals surface area contributed by atoms with Crippen LogP contribution in [0.5, 0.6) is 0 Å². The molecular weight excluding hydrogens is 307 g/mol. The molecule has 0 aliphatic heterocycles. The molecule has 18 heavy (non-hydrogen) atoms. The van der Waals surface area contributed by atoms with Crippen molar-refractivity contribution in [2.75, 3.05) is 5.32 Å². The lowest BCUT2D eigenvalue weighted by Gasteiger charge is -2.09. The van der Waals surface area contributed by atoms with Gasteiger partial charge in [-0.2, -0.15) is 0 Å². The van der Waals surface area contributed by atoms with Crippen molar-refractivity contribution in [3.8, 4) is 0 Å². The van der Waals surface area contributed by atoms with Gasteiger partial charge in [0.1, 0.15) is 17.5 Å². The molecular formula is C13H9BrF3N. The Kier molecular flexibility index (Phi) is 3.91. The van der Waals surface area contributed by atoms with Crippen LogP contribution in [0.25, 0.3) is 0 Å². The lowest BCUT2D eigenvalue weighted by molar-refractivity contribution is 0.555. The number of hydrogen-bond acceptors (Lipinski definition) is 1. The molecule has 0 fully saturated rings. The molecule has 0 saturated carbocycles. The van der Waals surface area contributed by atoms with Gasteiger partial charge in [0.2, 0.25) is 0 Å². The first-order valence-electron chi connectivity index (χ1n) is 5.20. The van der Waals surface area contributed by atoms with Gasteiger partial charge in [-0.25, -0.2) is 13.2 Å². The Morgan fingerprint density at radius 2 is 1.83 bits per heavy atom. The maximum Gasteiger partial charge on any atom is 0.145 e. The first-order valence-corrected chi connectivity index (χ1v) is 5.99. The number of rotatable bonds is 3. The minimum absolute atomic E-state index is 0.0550. The Hall–Kier alpha value is -1.49. The molecule has 0 radical (unpaired) electrons. The SMILES string of the molecule is Fc1cccc(NCc2c(F)ccc(Br)c2F)c1. The monoisotopic (exact) mass is 315 g/mol. The molecule has 1 nitrogen and oxygen atoms in total. The zero-order chi connectivity index (χ0) is 13.1. The standard InChI is InChI=1S/C13H9BrF3N/c14-11-4-5-12(16)10(13(11)17)7-18-9-3-1-2-8(15)6-9/h1-6,18H,7H2. The highest BCUT2D eigenvalue weighted by molar-refractivity contribution is 9.10. The molecule has 0 aliphatic rings. The van der Waals surface area contributed by atoms with Crippen LogP contribution in [-0.2, 0) is 6.54 Å². The van der Waals surface area contributed by atoms with Crippen LogP contribution in [0.15, 0.2) is 40.9 Å². The van der Waals surface area contributed by atoms with Crippen LogP contribution in [0.3, 0.4) is 0 Å². The van der Waals surface area contributed by atoms with E-state index in [0.29, 0.717) is 5.69 Å². The lowest BCUT2D eigenvalue weighted by atomic mass is 10.2. The van der Waals surface area contributed by atoms with E-state index in [1.165, 1.54) is 30.3 Å². The van der Waals surface area contributed by atoms with E-state index in [2.05, 4.69) is 21.2 Å². The van der Waals surface area contributed by atoms with Crippen LogP contribution in [-0.4, -0.2) is 0 Å². The van der Waals surface area contributed by atoms with E-state index in [0.717, 1.165) is 0 Å². The third-order valence-corrected chi connectivity index (χ3v) is 3.05. The Bertz CT molecular complexity index is 572. The molecule has 2 rings (SSSR count). The molecule has 0 heterocycles. The fourth-order valence-electron chi connectivity index (χ4n) is 1.52. The van der Waals surface area contributed by atoms with Crippen molar-refractivity contribution in [2.24, 2.45) is 0 Å². The molecule has 0 aliphatic carbocycles. The molecule has 5 heteroatoms. The van der Waals surface area contributed by atoms with E-state index in [1.54, 1.807) is 6.07 Å². The molecule has 2 aromatic carbocycles. The summed E-state index contributed by atoms with van der Waals surface area (Å²) in [6, 6.07) is 8.17. The smallest absolute Gasteiger partial charge is 0.145 e. The summed E-state index contributed by atoms with van der Waals surface area (Å²) < 4.78 is 40.2. The summed E-state index contributed by atoms with van der Waals surface area (Å²) >= 11 is 2.99. The molecule has 0 amide bonds. The van der Waals surface area contributed by atoms with Crippen molar-refractivity contribution in [3.05, 3.63) is 63.9 Å². The maximum atomic E-state index is 13.6. The number of halogens is 4. The lowest BCUT2D eigenvalue weighted by Crippen LogP contribution is -2.05. The van der Waals surface area contributed by atoms with E-state index in [9.17, 15) is 13.2 Å². The maximum absolute atomic E-state index is 13.6. The second-order valence-electron chi connectivity index (χ2n) is 3.69. The van der Waals surface area contributed by atoms with Gasteiger partial charge in [-0.15, -0.1) is 0 Å². The summed E-state index contributed by atoms with van der Waals surface area (Å²) in [4.78, 5) is 0. The molecule has 0 aromatic heterocycles. The Morgan fingerprint density at radius 1 is 1.06 bits per heavy atom. The van der Waals surface area contributed by atoms with Gasteiger partial charge < -0.3 is 5.32 Å². The van der Waals surface area contributed by atoms with Gasteiger partial charge in [0.15, 0.2) is 0 Å². The highest BCUT2D eigenvalue weighted by atomic mass is 79.9. The van der Waals surface area contributed by atoms with Gasteiger partial charge in [-0.05, 0) is 46.3 Å². The molecule has 0 unspecified atom stereocenters. The molecule has 94 valence electrons. The van der Waals surface area contributed by atoms with Crippen LogP contribution in [0.1, 0.15) is 5.56 Å². The van der Waals surface area contributed by atoms with Crippen LogP contribution in [0, 0.1) is 17.5 Å². The van der Waals surface area contributed by atoms with Gasteiger partial charge in [0.05, 0.1) is 4.47 Å². The average Bonchev–Trinajstić information content (AvgIpc) is 2.34. The Labute approximate surface area is 111 Å². The largest absolute Gasteiger partial charge is 0.381 e. The number of hydrogen-bond donors (Lipinski definition) is 1. The van der Waals surface area contributed by atoms with Crippen molar-refractivity contribution in [3.63, 3.8) is 0 Å². The summed E-state index contributed by atoms with van der Waals surface area (Å²) in [5.41, 5.74) is 0.377. The fourth-order valence-corrected chi connectivity index (χ4v) is 1.89. The van der Waals surface area contributed by atoms with Crippen LogP contribution >= 0.6 is 15.9 Å². The van der Waals surface area contributed by atoms with Gasteiger partial charge in [-0.1, -0.05) is 6.07 Å². The zero-order valence-corrected chi connectivity index (χ0v) is 10.8. The number of benzene rings is 2. The fraction of sp³-hybridized carbons (Fsp3) is 0.0769. The third-order valence-electron chi connectivity index (χ3n) is 2.43. The molecule has 0 bridgehead atoms. The highest BCUT2D eigenvalue weighted by Gasteiger charge is 2.11. The Morgan fingerprint density at radius 3 is 2.56 bits per heavy atom. The minimum Gasteiger partial charge on any atom is -0.381 e. The van der Waals surface area contributed by atoms with Crippen molar-refractivity contribution < 1.29 is 13.2 Å². The van der Waals surface area contributed by atoms with Gasteiger partial charge in [-0.3, -0.25) is 0 Å². The minimum atomic E-state index is -0.654. The van der Waals surface area contributed by atoms with Gasteiger partial charge in [0.25, 0.3) is 0 Å². The van der Waals surface area contributed by atoms with Crippen LogP contribution in [0.4, 0.5) is 18.9 Å². The average molecular weight is 316 g/mol. The van der Waals surface area contributed by atoms with E-state index < -0.39 is 17.5 Å². The first kappa shape index (κ1) is 13.0. The van der Waals surface area contributed by atoms with E-state index in [-0.39, 0.29) is 16.6 Å². The van der Waals surface area contributed by atoms with Crippen molar-refractivity contribution in [2.45, 2.75) is 6.54 Å². The zero-order valence-electron chi connectivity index (χ0n) is 9.18. The van der Waals surface area contributed by atoms with E-state index >= 15 is 0 Å². The summed E-state index contributed by atoms with van der Waals surface area (Å²) in [5.74, 6) is -1.70. The second kappa shape index (κ2) is 5.44. The predicted molar refractivity (Wildman–Crippen MR) is 67.8 cm³/mol. The topological polar surface area (TPSA) is 12.0 Å². The van der Waals surface area contributed by atoms with E-state index in [1.807, 2.05) is 0 Å². The molecule has 0 saturated heterocycles. The molecule has 1 N–H and O–H groups in total.